The summed E-state index contributed by atoms with van der Waals surface area (Å²) in [6, 6.07) is 0. The van der Waals surface area contributed by atoms with E-state index in [0.29, 0.717) is 62.8 Å². The second kappa shape index (κ2) is 29.5. The van der Waals surface area contributed by atoms with Crippen LogP contribution in [0.4, 0.5) is 5.82 Å². The molecule has 4 aromatic rings. The van der Waals surface area contributed by atoms with Gasteiger partial charge in [0.05, 0.1) is 12.7 Å². The molecule has 372 valence electrons. The van der Waals surface area contributed by atoms with Gasteiger partial charge in [0.15, 0.2) is 22.6 Å². The van der Waals surface area contributed by atoms with Crippen LogP contribution in [0, 0.1) is 24.7 Å². The van der Waals surface area contributed by atoms with Crippen LogP contribution in [-0.2, 0) is 9.59 Å². The second-order valence-corrected chi connectivity index (χ2v) is 18.8. The van der Waals surface area contributed by atoms with Gasteiger partial charge in [-0.15, -0.1) is 0 Å². The van der Waals surface area contributed by atoms with Crippen molar-refractivity contribution < 1.29 is 9.59 Å². The third-order valence-corrected chi connectivity index (χ3v) is 7.06. The number of aromatic nitrogens is 8. The van der Waals surface area contributed by atoms with Crippen LogP contribution in [-0.4, -0.2) is 78.4 Å². The molecule has 0 aliphatic carbocycles. The third kappa shape index (κ3) is 25.9. The van der Waals surface area contributed by atoms with Crippen LogP contribution >= 0.6 is 0 Å². The van der Waals surface area contributed by atoms with Crippen molar-refractivity contribution in [1.29, 1.82) is 0 Å². The third-order valence-electron chi connectivity index (χ3n) is 7.06. The van der Waals surface area contributed by atoms with Gasteiger partial charge in [-0.25, -0.2) is 29.9 Å². The molecule has 0 spiro atoms. The number of anilines is 1. The molecule has 0 saturated heterocycles. The highest BCUT2D eigenvalue weighted by Crippen LogP contribution is 2.22. The van der Waals surface area contributed by atoms with Gasteiger partial charge in [0, 0.05) is 41.3 Å². The molecule has 0 radical (unpaired) electrons. The summed E-state index contributed by atoms with van der Waals surface area (Å²) in [5.74, 6) is 5.69. The Morgan fingerprint density at radius 1 is 0.672 bits per heavy atom. The average Bonchev–Trinajstić information content (AvgIpc) is 3.84. The number of H-pyrrole nitrogens is 3. The molecule has 0 bridgehead atoms. The minimum Gasteiger partial charge on any atom is -0.384 e. The maximum Gasteiger partial charge on any atom is 0.276 e. The van der Waals surface area contributed by atoms with Gasteiger partial charge in [0.2, 0.25) is 0 Å². The number of aliphatic imine (C=N–C) groups is 1. The van der Waals surface area contributed by atoms with E-state index in [1.807, 2.05) is 16.0 Å². The van der Waals surface area contributed by atoms with Crippen LogP contribution in [0.25, 0.3) is 22.3 Å². The standard InChI is InChI=1S/C9H15N3.C9H14N2O.C6H6N4O.C6H8N2O.C5H5N5.3C4H10.CH4/c1-7-11-8(10)5-6-12(7)9(2,3)4;1-7-10-8(12)5-6-11(7)9(2,3)4;1-3-9-5-4(6(11)10-3)7-2-8-5;1-4-3-7-5(2)8-6(4)9;6-4-3-5(9-1-7-3)10-2-8-4;3*1-4(2)3;/h5-6H,1H2,2-4H3,(H2,10,11);5-6H,1H2,2-4H3,(H,10,12);2H,1H3,(H2,7,8,9,10,11);3,7H,2H2,1H3,(H,8,9);1-2H,(H3,6,7,8,9,10);3*4H,1-3H3;1H4. The number of nitrogens with two attached hydrogens (primary N) is 2. The van der Waals surface area contributed by atoms with E-state index in [1.165, 1.54) is 25.1 Å². The lowest BCUT2D eigenvalue weighted by atomic mass is 10.1. The summed E-state index contributed by atoms with van der Waals surface area (Å²) in [7, 11) is 0. The van der Waals surface area contributed by atoms with Crippen molar-refractivity contribution in [3.05, 3.63) is 109 Å². The quantitative estimate of drug-likeness (QED) is 0.0826. The maximum absolute atomic E-state index is 11.1. The Kier molecular flexibility index (Phi) is 27.3. The summed E-state index contributed by atoms with van der Waals surface area (Å²) >= 11 is 0. The molecule has 3 aliphatic heterocycles. The molecule has 67 heavy (non-hydrogen) atoms. The molecule has 0 saturated carbocycles. The number of nitrogens with one attached hydrogen (secondary N) is 6. The van der Waals surface area contributed by atoms with Crippen molar-refractivity contribution in [2.45, 2.75) is 136 Å². The SMILES string of the molecule is C.C=C1N=C(N)C=CN1C(C)(C)C.C=C1NC(=O)C=CN1C(C)(C)C.C=C1NC=C(C)C(=O)N1.CC(C)C.CC(C)C.CC(C)C.Cc1nc2nc[nH]c2c(=O)[nH]1.Nc1ncnc2nc[nH]c12. The van der Waals surface area contributed by atoms with Crippen molar-refractivity contribution in [1.82, 2.24) is 65.6 Å². The number of carbonyl (C=O) groups excluding carboxylic acids is 2. The fraction of sp³-hybridized carbons (Fsp3) is 0.479. The van der Waals surface area contributed by atoms with Gasteiger partial charge in [0.25, 0.3) is 17.4 Å². The monoisotopic (exact) mass is 931 g/mol. The number of imidazole rings is 2. The zero-order valence-corrected chi connectivity index (χ0v) is 42.4. The van der Waals surface area contributed by atoms with E-state index in [1.54, 1.807) is 32.3 Å². The van der Waals surface area contributed by atoms with Crippen molar-refractivity contribution in [2.24, 2.45) is 28.5 Å². The zero-order valence-electron chi connectivity index (χ0n) is 42.4. The normalized spacial score (nSPS) is 13.8. The predicted molar refractivity (Wildman–Crippen MR) is 277 cm³/mol. The van der Waals surface area contributed by atoms with E-state index in [0.717, 1.165) is 17.8 Å². The average molecular weight is 931 g/mol. The van der Waals surface area contributed by atoms with Crippen LogP contribution in [0.2, 0.25) is 0 Å². The molecule has 7 rings (SSSR count). The Balaban J connectivity index is 0. The number of hydrogen-bond acceptors (Lipinski definition) is 14. The summed E-state index contributed by atoms with van der Waals surface area (Å²) < 4.78 is 0. The minimum atomic E-state index is -0.176. The van der Waals surface area contributed by atoms with E-state index in [9.17, 15) is 14.4 Å². The number of nitrogen functional groups attached to an aromatic ring is 1. The van der Waals surface area contributed by atoms with Gasteiger partial charge in [-0.2, -0.15) is 0 Å². The molecule has 0 unspecified atom stereocenters. The van der Waals surface area contributed by atoms with Gasteiger partial charge in [-0.05, 0) is 79.2 Å². The Labute approximate surface area is 399 Å². The van der Waals surface area contributed by atoms with E-state index in [4.69, 9.17) is 11.5 Å². The summed E-state index contributed by atoms with van der Waals surface area (Å²) in [5, 5.41) is 7.93. The second-order valence-electron chi connectivity index (χ2n) is 18.8. The molecule has 10 N–H and O–H groups in total. The number of carbonyl (C=O) groups is 2. The van der Waals surface area contributed by atoms with Gasteiger partial charge in [-0.1, -0.05) is 89.5 Å². The van der Waals surface area contributed by atoms with E-state index in [-0.39, 0.29) is 35.9 Å². The summed E-state index contributed by atoms with van der Waals surface area (Å²) in [6.45, 7) is 46.5. The van der Waals surface area contributed by atoms with Crippen molar-refractivity contribution in [2.75, 3.05) is 5.73 Å². The Bertz CT molecular complexity index is 2340. The molecule has 0 aromatic carbocycles. The van der Waals surface area contributed by atoms with Gasteiger partial charge in [0.1, 0.15) is 41.0 Å². The number of hydrogen-bond donors (Lipinski definition) is 8. The smallest absolute Gasteiger partial charge is 0.276 e. The van der Waals surface area contributed by atoms with Crippen molar-refractivity contribution in [3.8, 4) is 0 Å². The molecule has 19 heteroatoms. The van der Waals surface area contributed by atoms with Crippen molar-refractivity contribution in [3.63, 3.8) is 0 Å². The lowest BCUT2D eigenvalue weighted by Gasteiger charge is -2.37. The maximum atomic E-state index is 11.1. The summed E-state index contributed by atoms with van der Waals surface area (Å²) in [6.07, 6.45) is 12.9. The van der Waals surface area contributed by atoms with E-state index < -0.39 is 0 Å². The van der Waals surface area contributed by atoms with E-state index >= 15 is 0 Å². The molecule has 2 amide bonds. The highest BCUT2D eigenvalue weighted by Gasteiger charge is 2.24. The Hall–Kier alpha value is -7.05. The predicted octanol–water partition coefficient (Wildman–Crippen LogP) is 8.24. The topological polar surface area (TPSA) is 270 Å². The molecule has 19 nitrogen and oxygen atoms in total. The first-order chi connectivity index (χ1) is 30.4. The highest BCUT2D eigenvalue weighted by molar-refractivity contribution is 5.94. The van der Waals surface area contributed by atoms with Crippen LogP contribution < -0.4 is 33.0 Å². The van der Waals surface area contributed by atoms with Crippen LogP contribution in [0.3, 0.4) is 0 Å². The number of aromatic amines is 3. The lowest BCUT2D eigenvalue weighted by molar-refractivity contribution is -0.117. The first-order valence-electron chi connectivity index (χ1n) is 21.6. The highest BCUT2D eigenvalue weighted by atomic mass is 16.2. The van der Waals surface area contributed by atoms with Crippen LogP contribution in [0.15, 0.2) is 102 Å². The lowest BCUT2D eigenvalue weighted by Crippen LogP contribution is -2.44. The van der Waals surface area contributed by atoms with Crippen LogP contribution in [0.5, 0.6) is 0 Å². The first kappa shape index (κ1) is 62.0. The zero-order chi connectivity index (χ0) is 51.1. The summed E-state index contributed by atoms with van der Waals surface area (Å²) in [5.41, 5.74) is 13.6. The fourth-order valence-corrected chi connectivity index (χ4v) is 4.46. The molecule has 0 atom stereocenters. The number of rotatable bonds is 0. The number of nitrogens with zero attached hydrogens (tertiary/aromatic N) is 8. The number of aryl methyl sites for hydroxylation is 1. The number of amides is 2. The fourth-order valence-electron chi connectivity index (χ4n) is 4.46. The summed E-state index contributed by atoms with van der Waals surface area (Å²) in [4.78, 5) is 68.1. The molecule has 3 aliphatic rings. The van der Waals surface area contributed by atoms with Crippen molar-refractivity contribution >= 4 is 45.8 Å². The number of amidine groups is 1. The Morgan fingerprint density at radius 3 is 1.61 bits per heavy atom. The molecular weight excluding hydrogens is 849 g/mol. The minimum absolute atomic E-state index is 0. The van der Waals surface area contributed by atoms with Gasteiger partial charge >= 0.3 is 0 Å². The molecule has 0 fully saturated rings. The van der Waals surface area contributed by atoms with Crippen LogP contribution in [0.1, 0.15) is 124 Å². The van der Waals surface area contributed by atoms with E-state index in [2.05, 4.69) is 184 Å². The first-order valence-corrected chi connectivity index (χ1v) is 21.6. The number of fused-ring (bicyclic) bond motifs is 2. The molecule has 7 heterocycles. The molecule has 4 aromatic heterocycles. The Morgan fingerprint density at radius 2 is 1.16 bits per heavy atom. The van der Waals surface area contributed by atoms with Gasteiger partial charge < -0.3 is 52.2 Å². The largest absolute Gasteiger partial charge is 0.384 e. The molecular formula is C48H82N16O3. The van der Waals surface area contributed by atoms with Gasteiger partial charge in [-0.3, -0.25) is 14.4 Å².